The topological polar surface area (TPSA) is 39.1 Å². The highest BCUT2D eigenvalue weighted by Gasteiger charge is 2.39. The summed E-state index contributed by atoms with van der Waals surface area (Å²) in [7, 11) is 0. The number of anilines is 1. The maximum absolute atomic E-state index is 8.88. The molecule has 0 amide bonds. The number of hydrogen-bond donors (Lipinski definition) is 1. The molecule has 1 aliphatic heterocycles. The average molecular weight is 354 g/mol. The number of nitrogens with one attached hydrogen (secondary N) is 1. The molecule has 4 rings (SSSR count). The molecule has 1 saturated heterocycles. The van der Waals surface area contributed by atoms with E-state index in [1.807, 2.05) is 18.2 Å². The first-order valence-electron chi connectivity index (χ1n) is 8.03. The standard InChI is InChI=1S/C19H16ClN3S/c20-14-3-6-16-17(10-14)13-7-8-23(18(16)9-13)19(24)22-15-4-1-12(11-21)2-5-15/h1-6,10,13,18H,7-9H2,(H,22,24)/t13?,18-/m1/s1. The first-order valence-corrected chi connectivity index (χ1v) is 8.81. The van der Waals surface area contributed by atoms with Gasteiger partial charge in [-0.1, -0.05) is 17.7 Å². The van der Waals surface area contributed by atoms with Gasteiger partial charge in [0.2, 0.25) is 0 Å². The van der Waals surface area contributed by atoms with Crippen LogP contribution >= 0.6 is 23.8 Å². The van der Waals surface area contributed by atoms with Crippen molar-refractivity contribution in [3.63, 3.8) is 0 Å². The Balaban J connectivity index is 1.55. The highest BCUT2D eigenvalue weighted by atomic mass is 35.5. The minimum Gasteiger partial charge on any atom is -0.342 e. The largest absolute Gasteiger partial charge is 0.342 e. The molecule has 0 saturated carbocycles. The fourth-order valence-electron chi connectivity index (χ4n) is 3.81. The van der Waals surface area contributed by atoms with Gasteiger partial charge in [-0.05, 0) is 78.5 Å². The molecule has 5 heteroatoms. The molecule has 0 radical (unpaired) electrons. The normalized spacial score (nSPS) is 21.1. The fourth-order valence-corrected chi connectivity index (χ4v) is 4.33. The number of hydrogen-bond acceptors (Lipinski definition) is 2. The zero-order valence-corrected chi connectivity index (χ0v) is 14.6. The van der Waals surface area contributed by atoms with Gasteiger partial charge in [0, 0.05) is 17.3 Å². The van der Waals surface area contributed by atoms with E-state index in [4.69, 9.17) is 29.1 Å². The van der Waals surface area contributed by atoms with E-state index in [1.54, 1.807) is 12.1 Å². The van der Waals surface area contributed by atoms with E-state index in [9.17, 15) is 0 Å². The second-order valence-corrected chi connectivity index (χ2v) is 7.15. The second kappa shape index (κ2) is 6.08. The summed E-state index contributed by atoms with van der Waals surface area (Å²) in [6.07, 6.45) is 2.20. The number of rotatable bonds is 1. The van der Waals surface area contributed by atoms with E-state index < -0.39 is 0 Å². The Kier molecular flexibility index (Phi) is 3.91. The number of likely N-dealkylation sites (tertiary alicyclic amines) is 1. The van der Waals surface area contributed by atoms with Crippen LogP contribution in [-0.2, 0) is 0 Å². The van der Waals surface area contributed by atoms with Gasteiger partial charge in [-0.3, -0.25) is 0 Å². The van der Waals surface area contributed by atoms with E-state index in [2.05, 4.69) is 28.4 Å². The van der Waals surface area contributed by atoms with Gasteiger partial charge in [0.25, 0.3) is 0 Å². The minimum atomic E-state index is 0.328. The Morgan fingerprint density at radius 1 is 1.21 bits per heavy atom. The molecule has 2 aromatic carbocycles. The maximum Gasteiger partial charge on any atom is 0.173 e. The van der Waals surface area contributed by atoms with Crippen LogP contribution < -0.4 is 5.32 Å². The maximum atomic E-state index is 8.88. The van der Waals surface area contributed by atoms with Crippen LogP contribution in [0.4, 0.5) is 5.69 Å². The highest BCUT2D eigenvalue weighted by molar-refractivity contribution is 7.80. The van der Waals surface area contributed by atoms with E-state index in [0.29, 0.717) is 17.5 Å². The van der Waals surface area contributed by atoms with Crippen molar-refractivity contribution in [2.75, 3.05) is 11.9 Å². The van der Waals surface area contributed by atoms with Gasteiger partial charge < -0.3 is 10.2 Å². The number of nitrogens with zero attached hydrogens (tertiary/aromatic N) is 2. The van der Waals surface area contributed by atoms with Crippen molar-refractivity contribution >= 4 is 34.6 Å². The Hall–Kier alpha value is -2.09. The molecule has 1 heterocycles. The van der Waals surface area contributed by atoms with Crippen LogP contribution in [0.2, 0.25) is 5.02 Å². The van der Waals surface area contributed by atoms with Crippen molar-refractivity contribution in [3.05, 3.63) is 64.2 Å². The minimum absolute atomic E-state index is 0.328. The molecule has 1 unspecified atom stereocenters. The number of halogens is 1. The quantitative estimate of drug-likeness (QED) is 0.744. The predicted molar refractivity (Wildman–Crippen MR) is 100 cm³/mol. The Morgan fingerprint density at radius 3 is 2.75 bits per heavy atom. The van der Waals surface area contributed by atoms with Crippen LogP contribution in [0.15, 0.2) is 42.5 Å². The molecule has 2 bridgehead atoms. The third-order valence-corrected chi connectivity index (χ3v) is 5.55. The monoisotopic (exact) mass is 353 g/mol. The molecule has 3 nitrogen and oxygen atoms in total. The van der Waals surface area contributed by atoms with Crippen molar-refractivity contribution in [2.45, 2.75) is 24.8 Å². The van der Waals surface area contributed by atoms with Gasteiger partial charge in [0.15, 0.2) is 5.11 Å². The van der Waals surface area contributed by atoms with Crippen LogP contribution in [0.5, 0.6) is 0 Å². The molecular weight excluding hydrogens is 338 g/mol. The summed E-state index contributed by atoms with van der Waals surface area (Å²) in [4.78, 5) is 2.28. The molecule has 0 spiro atoms. The summed E-state index contributed by atoms with van der Waals surface area (Å²) < 4.78 is 0. The highest BCUT2D eigenvalue weighted by Crippen LogP contribution is 2.49. The van der Waals surface area contributed by atoms with Gasteiger partial charge in [0.05, 0.1) is 17.7 Å². The average Bonchev–Trinajstić information content (AvgIpc) is 2.87. The number of benzene rings is 2. The fraction of sp³-hybridized carbons (Fsp3) is 0.263. The van der Waals surface area contributed by atoms with Gasteiger partial charge >= 0.3 is 0 Å². The summed E-state index contributed by atoms with van der Waals surface area (Å²) in [6.45, 7) is 0.948. The lowest BCUT2D eigenvalue weighted by Crippen LogP contribution is -2.40. The smallest absolute Gasteiger partial charge is 0.173 e. The predicted octanol–water partition coefficient (Wildman–Crippen LogP) is 4.84. The van der Waals surface area contributed by atoms with Crippen molar-refractivity contribution in [1.82, 2.24) is 4.90 Å². The lowest BCUT2D eigenvalue weighted by molar-refractivity contribution is 0.252. The third kappa shape index (κ3) is 2.64. The second-order valence-electron chi connectivity index (χ2n) is 6.32. The summed E-state index contributed by atoms with van der Waals surface area (Å²) in [5.41, 5.74) is 4.30. The van der Waals surface area contributed by atoms with E-state index >= 15 is 0 Å². The van der Waals surface area contributed by atoms with Gasteiger partial charge in [-0.25, -0.2) is 0 Å². The van der Waals surface area contributed by atoms with Crippen LogP contribution in [0, 0.1) is 11.3 Å². The Bertz CT molecular complexity index is 841. The third-order valence-electron chi connectivity index (χ3n) is 4.98. The molecule has 24 heavy (non-hydrogen) atoms. The Labute approximate surface area is 151 Å². The molecule has 2 aromatic rings. The van der Waals surface area contributed by atoms with E-state index in [1.165, 1.54) is 11.1 Å². The zero-order chi connectivity index (χ0) is 16.7. The summed E-state index contributed by atoms with van der Waals surface area (Å²) in [5, 5.41) is 13.7. The molecule has 2 atom stereocenters. The molecule has 120 valence electrons. The first kappa shape index (κ1) is 15.4. The lowest BCUT2D eigenvalue weighted by atomic mass is 9.96. The number of nitriles is 1. The van der Waals surface area contributed by atoms with E-state index in [-0.39, 0.29) is 0 Å². The van der Waals surface area contributed by atoms with Crippen LogP contribution in [0.3, 0.4) is 0 Å². The van der Waals surface area contributed by atoms with Crippen LogP contribution in [0.25, 0.3) is 0 Å². The molecule has 1 fully saturated rings. The summed E-state index contributed by atoms with van der Waals surface area (Å²) in [6, 6.07) is 16.0. The molecule has 2 aliphatic rings. The van der Waals surface area contributed by atoms with Gasteiger partial charge in [0.1, 0.15) is 0 Å². The van der Waals surface area contributed by atoms with Crippen LogP contribution in [-0.4, -0.2) is 16.6 Å². The zero-order valence-electron chi connectivity index (χ0n) is 13.0. The number of piperidine rings is 1. The summed E-state index contributed by atoms with van der Waals surface area (Å²) >= 11 is 11.8. The molecule has 0 aromatic heterocycles. The van der Waals surface area contributed by atoms with Gasteiger partial charge in [-0.2, -0.15) is 5.26 Å². The van der Waals surface area contributed by atoms with Crippen LogP contribution in [0.1, 0.15) is 41.5 Å². The first-order chi connectivity index (χ1) is 11.7. The van der Waals surface area contributed by atoms with Crippen molar-refractivity contribution < 1.29 is 0 Å². The Morgan fingerprint density at radius 2 is 2.00 bits per heavy atom. The SMILES string of the molecule is N#Cc1ccc(NC(=S)N2CCC3C[C@@H]2c2ccc(Cl)cc23)cc1. The van der Waals surface area contributed by atoms with Crippen molar-refractivity contribution in [2.24, 2.45) is 0 Å². The van der Waals surface area contributed by atoms with E-state index in [0.717, 1.165) is 35.2 Å². The molecular formula is C19H16ClN3S. The number of thiocarbonyl (C=S) groups is 1. The number of fused-ring (bicyclic) bond motifs is 5. The van der Waals surface area contributed by atoms with Crippen molar-refractivity contribution in [1.29, 1.82) is 5.26 Å². The molecule has 1 N–H and O–H groups in total. The molecule has 1 aliphatic carbocycles. The van der Waals surface area contributed by atoms with Crippen molar-refractivity contribution in [3.8, 4) is 6.07 Å². The lowest BCUT2D eigenvalue weighted by Gasteiger charge is -2.36. The van der Waals surface area contributed by atoms with Gasteiger partial charge in [-0.15, -0.1) is 0 Å². The summed E-state index contributed by atoms with van der Waals surface area (Å²) in [5.74, 6) is 0.595.